The van der Waals surface area contributed by atoms with Gasteiger partial charge in [-0.25, -0.2) is 15.1 Å². The van der Waals surface area contributed by atoms with Crippen molar-refractivity contribution in [3.05, 3.63) is 39.2 Å². The molecule has 1 aromatic heterocycles. The first-order chi connectivity index (χ1) is 12.5. The van der Waals surface area contributed by atoms with Gasteiger partial charge in [-0.05, 0) is 11.6 Å². The van der Waals surface area contributed by atoms with Crippen molar-refractivity contribution in [2.75, 3.05) is 38.1 Å². The van der Waals surface area contributed by atoms with Crippen molar-refractivity contribution in [1.29, 1.82) is 0 Å². The van der Waals surface area contributed by atoms with E-state index in [0.29, 0.717) is 24.8 Å². The maximum atomic E-state index is 11.0. The molecular weight excluding hydrogens is 409 g/mol. The van der Waals surface area contributed by atoms with E-state index in [4.69, 9.17) is 44.3 Å². The Morgan fingerprint density at radius 1 is 1.27 bits per heavy atom. The smallest absolute Gasteiger partial charge is 0.278 e. The Labute approximate surface area is 165 Å². The zero-order chi connectivity index (χ0) is 18.9. The SMILES string of the molecule is O=[N+]([O-])N=C1N(Cc2ccc(Cl)nc2)CCN1C(OCCCl)OCCCl. The second-order valence-corrected chi connectivity index (χ2v) is 6.31. The van der Waals surface area contributed by atoms with Gasteiger partial charge in [0.05, 0.1) is 13.2 Å². The molecule has 0 radical (unpaired) electrons. The van der Waals surface area contributed by atoms with E-state index in [1.54, 1.807) is 28.1 Å². The number of hydrogen-bond acceptors (Lipinski definition) is 5. The summed E-state index contributed by atoms with van der Waals surface area (Å²) < 4.78 is 11.1. The summed E-state index contributed by atoms with van der Waals surface area (Å²) in [6.07, 6.45) is 0.750. The lowest BCUT2D eigenvalue weighted by atomic mass is 10.3. The lowest BCUT2D eigenvalue weighted by Crippen LogP contribution is -2.44. The highest BCUT2D eigenvalue weighted by molar-refractivity contribution is 6.29. The Morgan fingerprint density at radius 3 is 2.50 bits per heavy atom. The van der Waals surface area contributed by atoms with Crippen LogP contribution in [0.1, 0.15) is 5.56 Å². The molecule has 2 rings (SSSR count). The number of alkyl halides is 2. The number of aromatic nitrogens is 1. The Balaban J connectivity index is 2.17. The molecule has 0 unspecified atom stereocenters. The molecule has 0 spiro atoms. The van der Waals surface area contributed by atoms with E-state index < -0.39 is 11.4 Å². The predicted octanol–water partition coefficient (Wildman–Crippen LogP) is 2.19. The maximum Gasteiger partial charge on any atom is 0.278 e. The summed E-state index contributed by atoms with van der Waals surface area (Å²) >= 11 is 17.1. The molecule has 0 atom stereocenters. The van der Waals surface area contributed by atoms with Crippen molar-refractivity contribution in [2.45, 2.75) is 13.0 Å². The molecule has 0 aliphatic carbocycles. The zero-order valence-electron chi connectivity index (χ0n) is 13.8. The van der Waals surface area contributed by atoms with Crippen LogP contribution in [-0.2, 0) is 16.0 Å². The minimum Gasteiger partial charge on any atom is -0.334 e. The summed E-state index contributed by atoms with van der Waals surface area (Å²) in [7, 11) is 0. The van der Waals surface area contributed by atoms with Gasteiger partial charge in [-0.15, -0.1) is 23.2 Å². The quantitative estimate of drug-likeness (QED) is 0.186. The van der Waals surface area contributed by atoms with E-state index >= 15 is 0 Å². The molecule has 1 aliphatic rings. The molecule has 1 saturated heterocycles. The average molecular weight is 427 g/mol. The van der Waals surface area contributed by atoms with Crippen molar-refractivity contribution in [3.8, 4) is 0 Å². The Morgan fingerprint density at radius 2 is 1.96 bits per heavy atom. The van der Waals surface area contributed by atoms with Gasteiger partial charge in [0.1, 0.15) is 10.3 Å². The fraction of sp³-hybridized carbons (Fsp3) is 0.571. The van der Waals surface area contributed by atoms with Crippen LogP contribution < -0.4 is 0 Å². The monoisotopic (exact) mass is 425 g/mol. The normalized spacial score (nSPS) is 16.1. The van der Waals surface area contributed by atoms with Gasteiger partial charge in [-0.1, -0.05) is 17.7 Å². The number of hydrazone groups is 1. The summed E-state index contributed by atoms with van der Waals surface area (Å²) in [6.45, 7) is 1.75. The highest BCUT2D eigenvalue weighted by atomic mass is 35.5. The number of guanidine groups is 1. The van der Waals surface area contributed by atoms with Crippen LogP contribution in [0.3, 0.4) is 0 Å². The lowest BCUT2D eigenvalue weighted by molar-refractivity contribution is -0.486. The lowest BCUT2D eigenvalue weighted by Gasteiger charge is -2.28. The van der Waals surface area contributed by atoms with E-state index in [2.05, 4.69) is 10.1 Å². The molecular formula is C14H18Cl3N5O4. The summed E-state index contributed by atoms with van der Waals surface area (Å²) in [4.78, 5) is 18.3. The fourth-order valence-corrected chi connectivity index (χ4v) is 2.68. The molecule has 1 aliphatic heterocycles. The zero-order valence-corrected chi connectivity index (χ0v) is 16.0. The number of halogens is 3. The molecule has 12 heteroatoms. The first-order valence-corrected chi connectivity index (χ1v) is 9.20. The van der Waals surface area contributed by atoms with Gasteiger partial charge in [0, 0.05) is 37.6 Å². The van der Waals surface area contributed by atoms with Crippen LogP contribution in [0.4, 0.5) is 0 Å². The van der Waals surface area contributed by atoms with Gasteiger partial charge in [-0.2, -0.15) is 0 Å². The van der Waals surface area contributed by atoms with E-state index in [0.717, 1.165) is 5.56 Å². The van der Waals surface area contributed by atoms with Crippen molar-refractivity contribution < 1.29 is 14.5 Å². The molecule has 26 heavy (non-hydrogen) atoms. The number of nitro groups is 1. The van der Waals surface area contributed by atoms with Crippen LogP contribution in [0.15, 0.2) is 23.4 Å². The predicted molar refractivity (Wildman–Crippen MR) is 97.9 cm³/mol. The summed E-state index contributed by atoms with van der Waals surface area (Å²) in [6, 6.07) is 3.46. The highest BCUT2D eigenvalue weighted by Crippen LogP contribution is 2.18. The molecule has 0 bridgehead atoms. The van der Waals surface area contributed by atoms with Crippen LogP contribution in [-0.4, -0.2) is 70.3 Å². The number of pyridine rings is 1. The molecule has 0 saturated carbocycles. The third-order valence-electron chi connectivity index (χ3n) is 3.41. The molecule has 0 amide bonds. The fourth-order valence-electron chi connectivity index (χ4n) is 2.39. The highest BCUT2D eigenvalue weighted by Gasteiger charge is 2.35. The van der Waals surface area contributed by atoms with Crippen LogP contribution in [0.5, 0.6) is 0 Å². The largest absolute Gasteiger partial charge is 0.334 e. The van der Waals surface area contributed by atoms with Gasteiger partial charge in [0.25, 0.3) is 5.96 Å². The molecule has 1 aromatic rings. The van der Waals surface area contributed by atoms with Crippen molar-refractivity contribution in [2.24, 2.45) is 5.10 Å². The first kappa shape index (κ1) is 20.9. The topological polar surface area (TPSA) is 93.3 Å². The van der Waals surface area contributed by atoms with E-state index in [1.807, 2.05) is 0 Å². The standard InChI is InChI=1S/C14H18Cl3N5O4/c15-3-7-25-14(26-8-4-16)21-6-5-20(13(21)19-22(23)24)10-11-1-2-12(17)18-9-11/h1-2,9,14H,3-8,10H2. The van der Waals surface area contributed by atoms with Gasteiger partial charge >= 0.3 is 0 Å². The average Bonchev–Trinajstić information content (AvgIpc) is 2.99. The second kappa shape index (κ2) is 10.7. The Bertz CT molecular complexity index is 611. The van der Waals surface area contributed by atoms with Crippen molar-refractivity contribution in [1.82, 2.24) is 14.8 Å². The van der Waals surface area contributed by atoms with Gasteiger partial charge < -0.3 is 14.4 Å². The van der Waals surface area contributed by atoms with Crippen LogP contribution in [0.2, 0.25) is 5.15 Å². The minimum atomic E-state index is -0.862. The molecule has 0 aromatic carbocycles. The Kier molecular flexibility index (Phi) is 8.60. The van der Waals surface area contributed by atoms with E-state index in [9.17, 15) is 10.1 Å². The van der Waals surface area contributed by atoms with E-state index in [1.165, 1.54) is 0 Å². The second-order valence-electron chi connectivity index (χ2n) is 5.17. The van der Waals surface area contributed by atoms with Gasteiger partial charge in [-0.3, -0.25) is 4.90 Å². The van der Waals surface area contributed by atoms with Crippen LogP contribution in [0, 0.1) is 10.1 Å². The van der Waals surface area contributed by atoms with Crippen LogP contribution >= 0.6 is 34.8 Å². The molecule has 9 nitrogen and oxygen atoms in total. The maximum absolute atomic E-state index is 11.0. The molecule has 2 heterocycles. The molecule has 1 fully saturated rings. The van der Waals surface area contributed by atoms with Gasteiger partial charge in [0.15, 0.2) is 5.03 Å². The Hall–Kier alpha value is -1.39. The van der Waals surface area contributed by atoms with E-state index in [-0.39, 0.29) is 30.9 Å². The summed E-state index contributed by atoms with van der Waals surface area (Å²) in [5.74, 6) is 0.659. The summed E-state index contributed by atoms with van der Waals surface area (Å²) in [5, 5.41) is 14.1. The molecule has 0 N–H and O–H groups in total. The van der Waals surface area contributed by atoms with Crippen molar-refractivity contribution >= 4 is 40.8 Å². The number of rotatable bonds is 10. The number of hydrogen-bond donors (Lipinski definition) is 0. The van der Waals surface area contributed by atoms with Crippen LogP contribution in [0.25, 0.3) is 0 Å². The third kappa shape index (κ3) is 6.10. The minimum absolute atomic E-state index is 0.138. The third-order valence-corrected chi connectivity index (χ3v) is 3.95. The van der Waals surface area contributed by atoms with Gasteiger partial charge in [0.2, 0.25) is 6.41 Å². The summed E-state index contributed by atoms with van der Waals surface area (Å²) in [5.41, 5.74) is 0.840. The van der Waals surface area contributed by atoms with Crippen molar-refractivity contribution in [3.63, 3.8) is 0 Å². The molecule has 144 valence electrons. The first-order valence-electron chi connectivity index (χ1n) is 7.75. The number of nitrogens with zero attached hydrogens (tertiary/aromatic N) is 5. The number of ether oxygens (including phenoxy) is 2.